The first-order chi connectivity index (χ1) is 9.63. The van der Waals surface area contributed by atoms with Crippen molar-refractivity contribution in [1.29, 1.82) is 0 Å². The van der Waals surface area contributed by atoms with E-state index < -0.39 is 0 Å². The van der Waals surface area contributed by atoms with Gasteiger partial charge in [0.2, 0.25) is 0 Å². The van der Waals surface area contributed by atoms with E-state index in [1.165, 1.54) is 16.7 Å². The molecule has 1 aromatic carbocycles. The van der Waals surface area contributed by atoms with Gasteiger partial charge >= 0.3 is 0 Å². The average Bonchev–Trinajstić information content (AvgIpc) is 2.89. The lowest BCUT2D eigenvalue weighted by Gasteiger charge is -2.17. The maximum Gasteiger partial charge on any atom is 0.110 e. The third-order valence-corrected chi connectivity index (χ3v) is 4.03. The number of hydrogen-bond donors (Lipinski definition) is 1. The molecule has 0 radical (unpaired) electrons. The van der Waals surface area contributed by atoms with E-state index in [4.69, 9.17) is 0 Å². The van der Waals surface area contributed by atoms with Crippen molar-refractivity contribution in [3.05, 3.63) is 53.1 Å². The number of likely N-dealkylation sites (N-methyl/N-ethyl adjacent to an activating group) is 1. The van der Waals surface area contributed by atoms with Gasteiger partial charge in [-0.15, -0.1) is 0 Å². The minimum absolute atomic E-state index is 0.421. The number of benzene rings is 1. The quantitative estimate of drug-likeness (QED) is 0.875. The van der Waals surface area contributed by atoms with Crippen LogP contribution in [0.5, 0.6) is 0 Å². The van der Waals surface area contributed by atoms with E-state index in [1.54, 1.807) is 0 Å². The average molecular weight is 271 g/mol. The number of imidazole rings is 1. The summed E-state index contributed by atoms with van der Waals surface area (Å²) in [7, 11) is 2.03. The molecular formula is C17H25N3. The predicted molar refractivity (Wildman–Crippen MR) is 84.1 cm³/mol. The second-order valence-corrected chi connectivity index (χ2v) is 5.44. The molecule has 3 heteroatoms. The number of nitrogens with zero attached hydrogens (tertiary/aromatic N) is 2. The molecule has 0 aliphatic carbocycles. The molecule has 108 valence electrons. The lowest BCUT2D eigenvalue weighted by molar-refractivity contribution is 0.526. The van der Waals surface area contributed by atoms with E-state index in [9.17, 15) is 0 Å². The number of aryl methyl sites for hydroxylation is 3. The first-order valence-corrected chi connectivity index (χ1v) is 7.37. The van der Waals surface area contributed by atoms with Gasteiger partial charge in [0.15, 0.2) is 0 Å². The summed E-state index contributed by atoms with van der Waals surface area (Å²) in [6.07, 6.45) is 5.94. The second kappa shape index (κ2) is 6.71. The molecule has 1 atom stereocenters. The summed E-state index contributed by atoms with van der Waals surface area (Å²) in [6.45, 7) is 7.47. The summed E-state index contributed by atoms with van der Waals surface area (Å²) < 4.78 is 2.21. The van der Waals surface area contributed by atoms with Gasteiger partial charge < -0.3 is 9.88 Å². The normalized spacial score (nSPS) is 12.6. The Morgan fingerprint density at radius 1 is 1.20 bits per heavy atom. The molecule has 1 unspecified atom stereocenters. The van der Waals surface area contributed by atoms with Gasteiger partial charge in [-0.1, -0.05) is 18.2 Å². The zero-order valence-electron chi connectivity index (χ0n) is 13.0. The predicted octanol–water partition coefficient (Wildman–Crippen LogP) is 2.89. The SMILES string of the molecule is CCn1ccnc1CC(Cc1ccc(C)c(C)c1)NC. The van der Waals surface area contributed by atoms with Crippen molar-refractivity contribution in [1.82, 2.24) is 14.9 Å². The van der Waals surface area contributed by atoms with Crippen LogP contribution >= 0.6 is 0 Å². The van der Waals surface area contributed by atoms with Gasteiger partial charge in [-0.25, -0.2) is 4.98 Å². The monoisotopic (exact) mass is 271 g/mol. The van der Waals surface area contributed by atoms with E-state index in [1.807, 2.05) is 13.2 Å². The van der Waals surface area contributed by atoms with Crippen molar-refractivity contribution in [2.24, 2.45) is 0 Å². The topological polar surface area (TPSA) is 29.9 Å². The molecule has 0 fully saturated rings. The van der Waals surface area contributed by atoms with Crippen LogP contribution in [0.15, 0.2) is 30.6 Å². The molecule has 0 amide bonds. The molecule has 0 saturated carbocycles. The van der Waals surface area contributed by atoms with Crippen LogP contribution in [-0.2, 0) is 19.4 Å². The molecule has 2 aromatic rings. The van der Waals surface area contributed by atoms with Crippen LogP contribution in [0.1, 0.15) is 29.4 Å². The Morgan fingerprint density at radius 3 is 2.65 bits per heavy atom. The Balaban J connectivity index is 2.07. The third-order valence-electron chi connectivity index (χ3n) is 4.03. The van der Waals surface area contributed by atoms with Crippen molar-refractivity contribution in [2.45, 2.75) is 46.2 Å². The largest absolute Gasteiger partial charge is 0.335 e. The van der Waals surface area contributed by atoms with Gasteiger partial charge in [0, 0.05) is 31.4 Å². The zero-order valence-corrected chi connectivity index (χ0v) is 13.0. The molecule has 0 aliphatic heterocycles. The first kappa shape index (κ1) is 14.8. The number of aromatic nitrogens is 2. The van der Waals surface area contributed by atoms with Gasteiger partial charge in [-0.2, -0.15) is 0 Å². The molecule has 2 rings (SSSR count). The second-order valence-electron chi connectivity index (χ2n) is 5.44. The fraction of sp³-hybridized carbons (Fsp3) is 0.471. The summed E-state index contributed by atoms with van der Waals surface area (Å²) in [5.74, 6) is 1.16. The van der Waals surface area contributed by atoms with Crippen molar-refractivity contribution < 1.29 is 0 Å². The Morgan fingerprint density at radius 2 is 2.00 bits per heavy atom. The summed E-state index contributed by atoms with van der Waals surface area (Å²) >= 11 is 0. The Bertz CT molecular complexity index is 557. The number of rotatable bonds is 6. The van der Waals surface area contributed by atoms with Crippen molar-refractivity contribution in [3.63, 3.8) is 0 Å². The van der Waals surface area contributed by atoms with Gasteiger partial charge in [0.25, 0.3) is 0 Å². The van der Waals surface area contributed by atoms with Crippen LogP contribution in [0.2, 0.25) is 0 Å². The van der Waals surface area contributed by atoms with Crippen LogP contribution < -0.4 is 5.32 Å². The smallest absolute Gasteiger partial charge is 0.110 e. The lowest BCUT2D eigenvalue weighted by Crippen LogP contribution is -2.31. The van der Waals surface area contributed by atoms with Gasteiger partial charge in [-0.05, 0) is 50.9 Å². The number of hydrogen-bond acceptors (Lipinski definition) is 2. The first-order valence-electron chi connectivity index (χ1n) is 7.37. The number of nitrogens with one attached hydrogen (secondary N) is 1. The van der Waals surface area contributed by atoms with E-state index >= 15 is 0 Å². The fourth-order valence-electron chi connectivity index (χ4n) is 2.53. The van der Waals surface area contributed by atoms with Crippen molar-refractivity contribution >= 4 is 0 Å². The van der Waals surface area contributed by atoms with E-state index in [0.29, 0.717) is 6.04 Å². The van der Waals surface area contributed by atoms with Crippen molar-refractivity contribution in [3.8, 4) is 0 Å². The highest BCUT2D eigenvalue weighted by atomic mass is 15.1. The molecule has 1 aromatic heterocycles. The zero-order chi connectivity index (χ0) is 14.5. The summed E-state index contributed by atoms with van der Waals surface area (Å²) in [5.41, 5.74) is 4.12. The molecule has 0 aliphatic rings. The van der Waals surface area contributed by atoms with E-state index in [2.05, 4.69) is 60.0 Å². The van der Waals surface area contributed by atoms with Crippen LogP contribution in [0.25, 0.3) is 0 Å². The van der Waals surface area contributed by atoms with Crippen LogP contribution in [0, 0.1) is 13.8 Å². The maximum absolute atomic E-state index is 4.47. The van der Waals surface area contributed by atoms with Gasteiger partial charge in [0.1, 0.15) is 5.82 Å². The minimum Gasteiger partial charge on any atom is -0.335 e. The highest BCUT2D eigenvalue weighted by Crippen LogP contribution is 2.13. The molecule has 0 bridgehead atoms. The van der Waals surface area contributed by atoms with Crippen molar-refractivity contribution in [2.75, 3.05) is 7.05 Å². The standard InChI is InChI=1S/C17H25N3/c1-5-20-9-8-19-17(20)12-16(18-4)11-15-7-6-13(2)14(3)10-15/h6-10,16,18H,5,11-12H2,1-4H3. The molecule has 1 heterocycles. The molecule has 1 N–H and O–H groups in total. The van der Waals surface area contributed by atoms with E-state index in [-0.39, 0.29) is 0 Å². The molecule has 0 saturated heterocycles. The highest BCUT2D eigenvalue weighted by molar-refractivity contribution is 5.30. The summed E-state index contributed by atoms with van der Waals surface area (Å²) in [4.78, 5) is 4.47. The van der Waals surface area contributed by atoms with Crippen LogP contribution in [0.4, 0.5) is 0 Å². The highest BCUT2D eigenvalue weighted by Gasteiger charge is 2.12. The molecule has 3 nitrogen and oxygen atoms in total. The summed E-state index contributed by atoms with van der Waals surface area (Å²) in [5, 5.41) is 3.42. The Kier molecular flexibility index (Phi) is 4.96. The minimum atomic E-state index is 0.421. The van der Waals surface area contributed by atoms with Crippen LogP contribution in [-0.4, -0.2) is 22.6 Å². The Hall–Kier alpha value is -1.61. The van der Waals surface area contributed by atoms with E-state index in [0.717, 1.165) is 25.2 Å². The lowest BCUT2D eigenvalue weighted by atomic mass is 9.99. The van der Waals surface area contributed by atoms with Crippen LogP contribution in [0.3, 0.4) is 0 Å². The fourth-order valence-corrected chi connectivity index (χ4v) is 2.53. The Labute approximate surface area is 122 Å². The third kappa shape index (κ3) is 3.48. The van der Waals surface area contributed by atoms with Gasteiger partial charge in [-0.3, -0.25) is 0 Å². The molecular weight excluding hydrogens is 246 g/mol. The van der Waals surface area contributed by atoms with Gasteiger partial charge in [0.05, 0.1) is 0 Å². The molecule has 20 heavy (non-hydrogen) atoms. The summed E-state index contributed by atoms with van der Waals surface area (Å²) in [6, 6.07) is 7.17. The molecule has 0 spiro atoms. The maximum atomic E-state index is 4.47.